The summed E-state index contributed by atoms with van der Waals surface area (Å²) in [7, 11) is 0. The second-order valence-electron chi connectivity index (χ2n) is 4.25. The van der Waals surface area contributed by atoms with Crippen molar-refractivity contribution in [1.29, 1.82) is 0 Å². The fourth-order valence-electron chi connectivity index (χ4n) is 1.62. The fraction of sp³-hybridized carbons (Fsp3) is 0.143. The molecule has 116 valence electrons. The third-order valence-corrected chi connectivity index (χ3v) is 3.56. The van der Waals surface area contributed by atoms with Gasteiger partial charge >= 0.3 is 0 Å². The van der Waals surface area contributed by atoms with Gasteiger partial charge in [0, 0.05) is 13.0 Å². The molecule has 4 nitrogen and oxygen atoms in total. The van der Waals surface area contributed by atoms with Crippen LogP contribution in [0.2, 0.25) is 0 Å². The quantitative estimate of drug-likeness (QED) is 0.829. The predicted octanol–water partition coefficient (Wildman–Crippen LogP) is 2.92. The number of carbonyl (C=O) groups is 2. The van der Waals surface area contributed by atoms with Crippen LogP contribution in [-0.4, -0.2) is 18.4 Å². The van der Waals surface area contributed by atoms with Gasteiger partial charge in [0.1, 0.15) is 0 Å². The van der Waals surface area contributed by atoms with E-state index < -0.39 is 29.0 Å². The molecule has 0 unspecified atom stereocenters. The van der Waals surface area contributed by atoms with Crippen LogP contribution in [0.1, 0.15) is 16.1 Å². The van der Waals surface area contributed by atoms with Gasteiger partial charge in [0.05, 0.1) is 10.6 Å². The maximum absolute atomic E-state index is 13.4. The molecule has 0 saturated heterocycles. The molecule has 1 aromatic carbocycles. The highest BCUT2D eigenvalue weighted by Gasteiger charge is 2.15. The summed E-state index contributed by atoms with van der Waals surface area (Å²) in [6.07, 6.45) is -0.129. The molecule has 0 saturated carbocycles. The summed E-state index contributed by atoms with van der Waals surface area (Å²) in [5.74, 6) is -5.39. The normalized spacial score (nSPS) is 10.3. The number of rotatable bonds is 5. The van der Waals surface area contributed by atoms with E-state index in [-0.39, 0.29) is 18.9 Å². The van der Waals surface area contributed by atoms with Crippen molar-refractivity contribution in [1.82, 2.24) is 5.32 Å². The van der Waals surface area contributed by atoms with Gasteiger partial charge < -0.3 is 10.6 Å². The van der Waals surface area contributed by atoms with Crippen LogP contribution in [0, 0.1) is 17.5 Å². The van der Waals surface area contributed by atoms with E-state index in [2.05, 4.69) is 10.6 Å². The molecule has 1 heterocycles. The summed E-state index contributed by atoms with van der Waals surface area (Å²) >= 11 is 1.26. The minimum atomic E-state index is -1.65. The van der Waals surface area contributed by atoms with Gasteiger partial charge in [0.2, 0.25) is 5.91 Å². The lowest BCUT2D eigenvalue weighted by atomic mass is 10.2. The van der Waals surface area contributed by atoms with Gasteiger partial charge in [-0.3, -0.25) is 9.59 Å². The zero-order valence-corrected chi connectivity index (χ0v) is 12.0. The van der Waals surface area contributed by atoms with Crippen molar-refractivity contribution in [2.45, 2.75) is 6.42 Å². The highest BCUT2D eigenvalue weighted by molar-refractivity contribution is 7.12. The molecule has 0 fully saturated rings. The number of thiophene rings is 1. The number of amides is 2. The summed E-state index contributed by atoms with van der Waals surface area (Å²) in [4.78, 5) is 23.7. The first-order valence-electron chi connectivity index (χ1n) is 6.24. The zero-order chi connectivity index (χ0) is 16.1. The molecule has 1 aromatic heterocycles. The molecule has 0 radical (unpaired) electrons. The summed E-state index contributed by atoms with van der Waals surface area (Å²) in [5.41, 5.74) is -0.450. The average Bonchev–Trinajstić information content (AvgIpc) is 3.02. The highest BCUT2D eigenvalue weighted by Crippen LogP contribution is 2.19. The number of anilines is 1. The fourth-order valence-corrected chi connectivity index (χ4v) is 2.26. The van der Waals surface area contributed by atoms with Gasteiger partial charge in [0.15, 0.2) is 17.5 Å². The summed E-state index contributed by atoms with van der Waals surface area (Å²) in [6, 6.07) is 5.00. The van der Waals surface area contributed by atoms with Crippen molar-refractivity contribution in [2.75, 3.05) is 11.9 Å². The van der Waals surface area contributed by atoms with E-state index in [4.69, 9.17) is 0 Å². The third kappa shape index (κ3) is 3.85. The lowest BCUT2D eigenvalue weighted by molar-refractivity contribution is -0.116. The highest BCUT2D eigenvalue weighted by atomic mass is 32.1. The Hall–Kier alpha value is -2.35. The zero-order valence-electron chi connectivity index (χ0n) is 11.2. The first-order chi connectivity index (χ1) is 10.5. The Bertz CT molecular complexity index is 690. The number of hydrogen-bond acceptors (Lipinski definition) is 3. The molecule has 0 spiro atoms. The van der Waals surface area contributed by atoms with Crippen LogP contribution >= 0.6 is 11.3 Å². The smallest absolute Gasteiger partial charge is 0.261 e. The van der Waals surface area contributed by atoms with Crippen molar-refractivity contribution in [2.24, 2.45) is 0 Å². The number of carbonyl (C=O) groups excluding carboxylic acids is 2. The topological polar surface area (TPSA) is 58.2 Å². The minimum Gasteiger partial charge on any atom is -0.351 e. The molecule has 0 aliphatic heterocycles. The lowest BCUT2D eigenvalue weighted by Gasteiger charge is -2.08. The Morgan fingerprint density at radius 2 is 1.86 bits per heavy atom. The van der Waals surface area contributed by atoms with Crippen molar-refractivity contribution < 1.29 is 22.8 Å². The molecule has 0 atom stereocenters. The van der Waals surface area contributed by atoms with Crippen molar-refractivity contribution in [3.05, 3.63) is 52.0 Å². The van der Waals surface area contributed by atoms with Gasteiger partial charge in [-0.2, -0.15) is 0 Å². The Morgan fingerprint density at radius 1 is 1.09 bits per heavy atom. The van der Waals surface area contributed by atoms with Gasteiger partial charge in [-0.1, -0.05) is 6.07 Å². The molecule has 0 aliphatic rings. The van der Waals surface area contributed by atoms with Crippen molar-refractivity contribution in [3.63, 3.8) is 0 Å². The van der Waals surface area contributed by atoms with E-state index in [9.17, 15) is 22.8 Å². The largest absolute Gasteiger partial charge is 0.351 e. The summed E-state index contributed by atoms with van der Waals surface area (Å²) in [5, 5.41) is 6.38. The molecule has 2 N–H and O–H groups in total. The molecule has 22 heavy (non-hydrogen) atoms. The van der Waals surface area contributed by atoms with E-state index in [1.807, 2.05) is 0 Å². The third-order valence-electron chi connectivity index (χ3n) is 2.69. The Balaban J connectivity index is 1.84. The number of benzene rings is 1. The van der Waals surface area contributed by atoms with Crippen LogP contribution in [0.3, 0.4) is 0 Å². The van der Waals surface area contributed by atoms with Crippen LogP contribution in [0.15, 0.2) is 29.6 Å². The standard InChI is InChI=1S/C14H11F3N2O2S/c15-8-3-4-9(13(17)12(8)16)19-11(20)5-6-18-14(21)10-2-1-7-22-10/h1-4,7H,5-6H2,(H,18,21)(H,19,20). The first-order valence-corrected chi connectivity index (χ1v) is 7.12. The molecule has 2 amide bonds. The van der Waals surface area contributed by atoms with Crippen LogP contribution in [0.5, 0.6) is 0 Å². The molecule has 0 aliphatic carbocycles. The van der Waals surface area contributed by atoms with Gasteiger partial charge in [-0.25, -0.2) is 13.2 Å². The molecule has 0 bridgehead atoms. The lowest BCUT2D eigenvalue weighted by Crippen LogP contribution is -2.27. The second-order valence-corrected chi connectivity index (χ2v) is 5.20. The maximum Gasteiger partial charge on any atom is 0.261 e. The van der Waals surface area contributed by atoms with Gasteiger partial charge in [-0.05, 0) is 23.6 Å². The van der Waals surface area contributed by atoms with E-state index in [1.54, 1.807) is 17.5 Å². The number of hydrogen-bond donors (Lipinski definition) is 2. The van der Waals surface area contributed by atoms with Crippen LogP contribution in [0.25, 0.3) is 0 Å². The van der Waals surface area contributed by atoms with Crippen molar-refractivity contribution >= 4 is 28.8 Å². The Morgan fingerprint density at radius 3 is 2.55 bits per heavy atom. The predicted molar refractivity (Wildman–Crippen MR) is 76.2 cm³/mol. The summed E-state index contributed by atoms with van der Waals surface area (Å²) in [6.45, 7) is 0.0356. The average molecular weight is 328 g/mol. The van der Waals surface area contributed by atoms with E-state index in [0.29, 0.717) is 10.9 Å². The van der Waals surface area contributed by atoms with Crippen molar-refractivity contribution in [3.8, 4) is 0 Å². The second kappa shape index (κ2) is 7.08. The van der Waals surface area contributed by atoms with E-state index in [0.717, 1.165) is 6.07 Å². The SMILES string of the molecule is O=C(CCNC(=O)c1cccs1)Nc1ccc(F)c(F)c1F. The van der Waals surface area contributed by atoms with Crippen LogP contribution < -0.4 is 10.6 Å². The number of nitrogens with one attached hydrogen (secondary N) is 2. The molecule has 2 aromatic rings. The number of halogens is 3. The minimum absolute atomic E-state index is 0.0356. The molecule has 8 heteroatoms. The van der Waals surface area contributed by atoms with Crippen LogP contribution in [0.4, 0.5) is 18.9 Å². The Kier molecular flexibility index (Phi) is 5.16. The molecular weight excluding hydrogens is 317 g/mol. The molecular formula is C14H11F3N2O2S. The van der Waals surface area contributed by atoms with Gasteiger partial charge in [-0.15, -0.1) is 11.3 Å². The monoisotopic (exact) mass is 328 g/mol. The maximum atomic E-state index is 13.4. The van der Waals surface area contributed by atoms with Crippen LogP contribution in [-0.2, 0) is 4.79 Å². The molecule has 2 rings (SSSR count). The van der Waals surface area contributed by atoms with E-state index in [1.165, 1.54) is 11.3 Å². The van der Waals surface area contributed by atoms with Gasteiger partial charge in [0.25, 0.3) is 5.91 Å². The van der Waals surface area contributed by atoms with E-state index >= 15 is 0 Å². The Labute approximate surface area is 128 Å². The summed E-state index contributed by atoms with van der Waals surface area (Å²) < 4.78 is 39.1. The first kappa shape index (κ1) is 16.0.